The summed E-state index contributed by atoms with van der Waals surface area (Å²) in [6, 6.07) is 18.4. The molecule has 44 heavy (non-hydrogen) atoms. The first-order valence-electron chi connectivity index (χ1n) is 16.0. The van der Waals surface area contributed by atoms with Gasteiger partial charge < -0.3 is 28.2 Å². The molecule has 0 aliphatic rings. The van der Waals surface area contributed by atoms with Crippen LogP contribution in [0.4, 0.5) is 0 Å². The molecule has 0 amide bonds. The topological polar surface area (TPSA) is 90.2 Å². The molecule has 0 bridgehead atoms. The Balaban J connectivity index is 1.36. The number of rotatable bonds is 23. The number of nitrogens with zero attached hydrogens (tertiary/aromatic N) is 1. The molecular formula is C35H50NO7P. The highest BCUT2D eigenvalue weighted by molar-refractivity contribution is 7.46. The number of hydrogen-bond donors (Lipinski definition) is 0. The Morgan fingerprint density at radius 3 is 2.02 bits per heavy atom. The summed E-state index contributed by atoms with van der Waals surface area (Å²) in [7, 11) is -3.14. The molecular weight excluding hydrogens is 577 g/mol. The lowest BCUT2D eigenvalue weighted by atomic mass is 10.1. The fourth-order valence-electron chi connectivity index (χ4n) is 4.78. The predicted molar refractivity (Wildman–Crippen MR) is 171 cm³/mol. The molecule has 0 spiro atoms. The minimum Gasteiger partial charge on any atom is -0.746 e. The molecule has 3 aromatic rings. The van der Waals surface area contributed by atoms with Gasteiger partial charge in [-0.15, -0.1) is 0 Å². The molecule has 0 aliphatic carbocycles. The highest BCUT2D eigenvalue weighted by Crippen LogP contribution is 2.39. The second kappa shape index (κ2) is 20.2. The highest BCUT2D eigenvalue weighted by atomic mass is 31.2. The number of unbranched alkanes of at least 4 members (excludes halogenated alkanes) is 9. The van der Waals surface area contributed by atoms with Gasteiger partial charge >= 0.3 is 7.82 Å². The van der Waals surface area contributed by atoms with Crippen LogP contribution in [0.3, 0.4) is 0 Å². The van der Waals surface area contributed by atoms with E-state index in [0.29, 0.717) is 18.9 Å². The molecule has 8 nitrogen and oxygen atoms in total. The zero-order chi connectivity index (χ0) is 31.5. The first-order chi connectivity index (χ1) is 21.4. The van der Waals surface area contributed by atoms with Crippen LogP contribution in [0.2, 0.25) is 0 Å². The van der Waals surface area contributed by atoms with E-state index in [2.05, 4.69) is 6.92 Å². The van der Waals surface area contributed by atoms with Gasteiger partial charge in [0.05, 0.1) is 13.2 Å². The lowest BCUT2D eigenvalue weighted by Crippen LogP contribution is -2.32. The second-order valence-electron chi connectivity index (χ2n) is 11.1. The molecule has 2 aromatic carbocycles. The van der Waals surface area contributed by atoms with Crippen molar-refractivity contribution in [2.45, 2.75) is 90.7 Å². The number of benzene rings is 2. The maximum atomic E-state index is 12.5. The third-order valence-corrected chi connectivity index (χ3v) is 8.35. The standard InChI is InChI=1S/C35H50NO7P/c1-4-5-6-7-8-9-10-11-12-16-26-40-34-18-17-19-35(30(34)2)41-28-33(39-3)29-42-44(37,38)43-32-22-20-31(21-23-32)27-36-24-14-13-15-25-36/h13-15,17-25,33H,4-12,16,26-29H2,1-3H3. The third kappa shape index (κ3) is 13.8. The quantitative estimate of drug-likeness (QED) is 0.0608. The Hall–Kier alpha value is -2.90. The number of pyridine rings is 1. The van der Waals surface area contributed by atoms with Crippen LogP contribution < -0.4 is 23.5 Å². The normalized spacial score (nSPS) is 13.3. The van der Waals surface area contributed by atoms with E-state index >= 15 is 0 Å². The minimum absolute atomic E-state index is 0.102. The molecule has 2 unspecified atom stereocenters. The van der Waals surface area contributed by atoms with Crippen molar-refractivity contribution in [2.24, 2.45) is 0 Å². The molecule has 0 aliphatic heterocycles. The van der Waals surface area contributed by atoms with Gasteiger partial charge in [0.15, 0.2) is 18.9 Å². The summed E-state index contributed by atoms with van der Waals surface area (Å²) in [5, 5.41) is 0. The number of methoxy groups -OCH3 is 1. The van der Waals surface area contributed by atoms with Crippen LogP contribution in [0.15, 0.2) is 73.1 Å². The first kappa shape index (κ1) is 35.6. The average molecular weight is 628 g/mol. The van der Waals surface area contributed by atoms with Gasteiger partial charge in [-0.25, -0.2) is 4.57 Å². The average Bonchev–Trinajstić information content (AvgIpc) is 3.02. The van der Waals surface area contributed by atoms with Crippen LogP contribution in [0, 0.1) is 6.92 Å². The number of ether oxygens (including phenoxy) is 3. The molecule has 0 fully saturated rings. The number of hydrogen-bond acceptors (Lipinski definition) is 7. The Kier molecular flexibility index (Phi) is 16.3. The van der Waals surface area contributed by atoms with E-state index in [1.165, 1.54) is 64.9 Å². The summed E-state index contributed by atoms with van der Waals surface area (Å²) < 4.78 is 42.2. The van der Waals surface area contributed by atoms with Gasteiger partial charge in [-0.3, -0.25) is 4.57 Å². The van der Waals surface area contributed by atoms with Gasteiger partial charge in [0.25, 0.3) is 0 Å². The molecule has 3 rings (SSSR count). The van der Waals surface area contributed by atoms with E-state index in [-0.39, 0.29) is 19.0 Å². The third-order valence-electron chi connectivity index (χ3n) is 7.45. The summed E-state index contributed by atoms with van der Waals surface area (Å²) in [5.74, 6) is 1.62. The van der Waals surface area contributed by atoms with Crippen molar-refractivity contribution in [2.75, 3.05) is 26.9 Å². The second-order valence-corrected chi connectivity index (χ2v) is 12.4. The molecule has 2 atom stereocenters. The fourth-order valence-corrected chi connectivity index (χ4v) is 5.56. The SMILES string of the molecule is CCCCCCCCCCCCOc1cccc(OCC(COP(=O)([O-])Oc2ccc(C[n+]3ccccc3)cc2)OC)c1C. The minimum atomic E-state index is -4.62. The molecule has 1 aromatic heterocycles. The van der Waals surface area contributed by atoms with Crippen LogP contribution in [-0.2, 0) is 20.4 Å². The summed E-state index contributed by atoms with van der Waals surface area (Å²) in [6.45, 7) is 5.39. The highest BCUT2D eigenvalue weighted by Gasteiger charge is 2.18. The van der Waals surface area contributed by atoms with E-state index in [1.54, 1.807) is 12.1 Å². The number of phosphoric ester groups is 1. The number of phosphoric acid groups is 1. The smallest absolute Gasteiger partial charge is 0.319 e. The van der Waals surface area contributed by atoms with E-state index in [1.807, 2.05) is 72.4 Å². The van der Waals surface area contributed by atoms with E-state index in [9.17, 15) is 9.46 Å². The molecule has 0 saturated heterocycles. The Morgan fingerprint density at radius 2 is 1.39 bits per heavy atom. The van der Waals surface area contributed by atoms with Gasteiger partial charge in [-0.1, -0.05) is 76.8 Å². The van der Waals surface area contributed by atoms with Crippen LogP contribution in [0.1, 0.15) is 82.3 Å². The summed E-state index contributed by atoms with van der Waals surface area (Å²) in [6.07, 6.45) is 16.1. The van der Waals surface area contributed by atoms with Crippen LogP contribution in [-0.4, -0.2) is 33.0 Å². The molecule has 9 heteroatoms. The zero-order valence-electron chi connectivity index (χ0n) is 26.7. The van der Waals surface area contributed by atoms with Crippen LogP contribution in [0.25, 0.3) is 0 Å². The lowest BCUT2D eigenvalue weighted by molar-refractivity contribution is -0.688. The van der Waals surface area contributed by atoms with Crippen molar-refractivity contribution in [1.82, 2.24) is 0 Å². The van der Waals surface area contributed by atoms with Gasteiger partial charge in [-0.05, 0) is 49.7 Å². The van der Waals surface area contributed by atoms with Gasteiger partial charge in [0.2, 0.25) is 0 Å². The Morgan fingerprint density at radius 1 is 0.773 bits per heavy atom. The summed E-state index contributed by atoms with van der Waals surface area (Å²) in [5.41, 5.74) is 1.90. The van der Waals surface area contributed by atoms with E-state index in [0.717, 1.165) is 23.3 Å². The number of aromatic nitrogens is 1. The Labute approximate surface area is 263 Å². The first-order valence-corrected chi connectivity index (χ1v) is 17.4. The summed E-state index contributed by atoms with van der Waals surface area (Å²) >= 11 is 0. The van der Waals surface area contributed by atoms with Crippen LogP contribution >= 0.6 is 7.82 Å². The van der Waals surface area contributed by atoms with Gasteiger partial charge in [0, 0.05) is 30.4 Å². The predicted octanol–water partition coefficient (Wildman–Crippen LogP) is 7.59. The maximum Gasteiger partial charge on any atom is 0.319 e. The van der Waals surface area contributed by atoms with Crippen LogP contribution in [0.5, 0.6) is 17.2 Å². The van der Waals surface area contributed by atoms with Gasteiger partial charge in [-0.2, -0.15) is 0 Å². The molecule has 0 saturated carbocycles. The van der Waals surface area contributed by atoms with Crippen molar-refractivity contribution in [3.8, 4) is 17.2 Å². The van der Waals surface area contributed by atoms with E-state index in [4.69, 9.17) is 23.3 Å². The largest absolute Gasteiger partial charge is 0.746 e. The monoisotopic (exact) mass is 627 g/mol. The van der Waals surface area contributed by atoms with Crippen molar-refractivity contribution in [3.05, 3.63) is 84.2 Å². The summed E-state index contributed by atoms with van der Waals surface area (Å²) in [4.78, 5) is 12.5. The molecule has 242 valence electrons. The molecule has 0 radical (unpaired) electrons. The van der Waals surface area contributed by atoms with Crippen molar-refractivity contribution in [1.29, 1.82) is 0 Å². The zero-order valence-corrected chi connectivity index (χ0v) is 27.6. The Bertz CT molecular complexity index is 1240. The van der Waals surface area contributed by atoms with E-state index < -0.39 is 13.9 Å². The molecule has 0 N–H and O–H groups in total. The molecule has 1 heterocycles. The fraction of sp³-hybridized carbons (Fsp3) is 0.514. The van der Waals surface area contributed by atoms with Crippen molar-refractivity contribution >= 4 is 7.82 Å². The van der Waals surface area contributed by atoms with Gasteiger partial charge in [0.1, 0.15) is 30.0 Å². The lowest BCUT2D eigenvalue weighted by Gasteiger charge is -2.25. The van der Waals surface area contributed by atoms with Crippen molar-refractivity contribution in [3.63, 3.8) is 0 Å². The maximum absolute atomic E-state index is 12.5. The van der Waals surface area contributed by atoms with Crippen molar-refractivity contribution < 1.29 is 37.3 Å².